The number of rotatable bonds is 6. The molecule has 2 N–H and O–H groups in total. The largest absolute Gasteiger partial charge is 0.370 e. The molecule has 0 amide bonds. The summed E-state index contributed by atoms with van der Waals surface area (Å²) in [5.41, 5.74) is 0. The van der Waals surface area contributed by atoms with Gasteiger partial charge in [0, 0.05) is 19.2 Å². The van der Waals surface area contributed by atoms with Crippen LogP contribution in [-0.2, 0) is 0 Å². The van der Waals surface area contributed by atoms with Crippen molar-refractivity contribution in [3.05, 3.63) is 12.4 Å². The predicted octanol–water partition coefficient (Wildman–Crippen LogP) is 2.40. The van der Waals surface area contributed by atoms with E-state index in [4.69, 9.17) is 5.26 Å². The van der Waals surface area contributed by atoms with Crippen molar-refractivity contribution in [1.29, 1.82) is 5.26 Å². The molecule has 1 heterocycles. The van der Waals surface area contributed by atoms with Gasteiger partial charge in [-0.2, -0.15) is 5.26 Å². The first-order valence-electron chi connectivity index (χ1n) is 6.55. The Labute approximate surface area is 108 Å². The second-order valence-electron chi connectivity index (χ2n) is 4.65. The predicted molar refractivity (Wildman–Crippen MR) is 71.2 cm³/mol. The number of hydrogen-bond donors (Lipinski definition) is 2. The van der Waals surface area contributed by atoms with Crippen LogP contribution in [0.3, 0.4) is 0 Å². The van der Waals surface area contributed by atoms with Gasteiger partial charge in [-0.3, -0.25) is 0 Å². The fraction of sp³-hybridized carbons (Fsp3) is 0.615. The Hall–Kier alpha value is -1.83. The van der Waals surface area contributed by atoms with Crippen LogP contribution in [0.15, 0.2) is 12.4 Å². The summed E-state index contributed by atoms with van der Waals surface area (Å²) in [6, 6.07) is 3.99. The van der Waals surface area contributed by atoms with Crippen molar-refractivity contribution < 1.29 is 0 Å². The third kappa shape index (κ3) is 3.88. The molecule has 1 aliphatic carbocycles. The summed E-state index contributed by atoms with van der Waals surface area (Å²) in [5, 5.41) is 14.9. The fourth-order valence-corrected chi connectivity index (χ4v) is 2.26. The van der Waals surface area contributed by atoms with E-state index in [2.05, 4.69) is 26.7 Å². The summed E-state index contributed by atoms with van der Waals surface area (Å²) in [5.74, 6) is 2.42. The van der Waals surface area contributed by atoms with Crippen molar-refractivity contribution in [3.63, 3.8) is 0 Å². The summed E-state index contributed by atoms with van der Waals surface area (Å²) in [7, 11) is 0. The van der Waals surface area contributed by atoms with Gasteiger partial charge in [0.25, 0.3) is 0 Å². The van der Waals surface area contributed by atoms with Gasteiger partial charge in [0.1, 0.15) is 18.0 Å². The Morgan fingerprint density at radius 2 is 1.94 bits per heavy atom. The molecule has 0 unspecified atom stereocenters. The molecular formula is C13H19N5. The third-order valence-electron chi connectivity index (χ3n) is 3.26. The standard InChI is InChI=1S/C13H19N5/c14-6-3-7-15-12-8-13(18-10-17-12)16-9-11-4-1-2-5-11/h8,10-11H,1-5,7,9H2,(H2,15,16,17,18). The first-order chi connectivity index (χ1) is 8.88. The molecule has 18 heavy (non-hydrogen) atoms. The van der Waals surface area contributed by atoms with E-state index >= 15 is 0 Å². The molecule has 0 saturated heterocycles. The minimum atomic E-state index is 0.481. The molecule has 1 fully saturated rings. The topological polar surface area (TPSA) is 73.6 Å². The summed E-state index contributed by atoms with van der Waals surface area (Å²) in [4.78, 5) is 8.32. The second kappa shape index (κ2) is 6.80. The Kier molecular flexibility index (Phi) is 4.77. The lowest BCUT2D eigenvalue weighted by Crippen LogP contribution is -2.12. The molecule has 0 aliphatic heterocycles. The average molecular weight is 245 g/mol. The molecule has 1 saturated carbocycles. The number of nitrogens with zero attached hydrogens (tertiary/aromatic N) is 3. The Balaban J connectivity index is 1.80. The van der Waals surface area contributed by atoms with E-state index in [0.29, 0.717) is 13.0 Å². The maximum absolute atomic E-state index is 8.47. The van der Waals surface area contributed by atoms with Crippen molar-refractivity contribution in [2.75, 3.05) is 23.7 Å². The lowest BCUT2D eigenvalue weighted by Gasteiger charge is -2.11. The van der Waals surface area contributed by atoms with E-state index in [9.17, 15) is 0 Å². The third-order valence-corrected chi connectivity index (χ3v) is 3.26. The molecule has 0 spiro atoms. The Morgan fingerprint density at radius 3 is 2.67 bits per heavy atom. The van der Waals surface area contributed by atoms with Gasteiger partial charge in [-0.05, 0) is 18.8 Å². The van der Waals surface area contributed by atoms with E-state index in [1.165, 1.54) is 25.7 Å². The van der Waals surface area contributed by atoms with Gasteiger partial charge in [0.05, 0.1) is 12.5 Å². The number of nitrogens with one attached hydrogen (secondary N) is 2. The smallest absolute Gasteiger partial charge is 0.131 e. The molecule has 0 aromatic carbocycles. The first-order valence-corrected chi connectivity index (χ1v) is 6.55. The SMILES string of the molecule is N#CCCNc1cc(NCC2CCCC2)ncn1. The van der Waals surface area contributed by atoms with E-state index in [0.717, 1.165) is 24.1 Å². The van der Waals surface area contributed by atoms with Crippen molar-refractivity contribution in [2.45, 2.75) is 32.1 Å². The van der Waals surface area contributed by atoms with Gasteiger partial charge in [0.15, 0.2) is 0 Å². The highest BCUT2D eigenvalue weighted by Crippen LogP contribution is 2.24. The summed E-state index contributed by atoms with van der Waals surface area (Å²) in [6.07, 6.45) is 7.39. The molecule has 0 atom stereocenters. The maximum atomic E-state index is 8.47. The molecule has 96 valence electrons. The molecule has 5 heteroatoms. The summed E-state index contributed by atoms with van der Waals surface area (Å²) < 4.78 is 0. The number of aromatic nitrogens is 2. The number of anilines is 2. The van der Waals surface area contributed by atoms with E-state index in [1.807, 2.05) is 6.07 Å². The quantitative estimate of drug-likeness (QED) is 0.753. The van der Waals surface area contributed by atoms with Gasteiger partial charge >= 0.3 is 0 Å². The van der Waals surface area contributed by atoms with Gasteiger partial charge in [0.2, 0.25) is 0 Å². The van der Waals surface area contributed by atoms with Crippen molar-refractivity contribution in [2.24, 2.45) is 5.92 Å². The molecule has 1 aromatic heterocycles. The molecule has 1 aromatic rings. The lowest BCUT2D eigenvalue weighted by atomic mass is 10.1. The Morgan fingerprint density at radius 1 is 1.22 bits per heavy atom. The zero-order valence-electron chi connectivity index (χ0n) is 10.5. The summed E-state index contributed by atoms with van der Waals surface area (Å²) >= 11 is 0. The Bertz CT molecular complexity index is 406. The first kappa shape index (κ1) is 12.6. The summed E-state index contributed by atoms with van der Waals surface area (Å²) in [6.45, 7) is 1.62. The molecule has 0 radical (unpaired) electrons. The van der Waals surface area contributed by atoms with Gasteiger partial charge in [-0.25, -0.2) is 9.97 Å². The molecule has 1 aliphatic rings. The van der Waals surface area contributed by atoms with Gasteiger partial charge in [-0.15, -0.1) is 0 Å². The van der Waals surface area contributed by atoms with Crippen LogP contribution in [0, 0.1) is 17.2 Å². The zero-order chi connectivity index (χ0) is 12.6. The van der Waals surface area contributed by atoms with Gasteiger partial charge < -0.3 is 10.6 Å². The highest BCUT2D eigenvalue weighted by molar-refractivity contribution is 5.46. The molecular weight excluding hydrogens is 226 g/mol. The van der Waals surface area contributed by atoms with Crippen LogP contribution < -0.4 is 10.6 Å². The van der Waals surface area contributed by atoms with Crippen molar-refractivity contribution in [3.8, 4) is 6.07 Å². The second-order valence-corrected chi connectivity index (χ2v) is 4.65. The van der Waals surface area contributed by atoms with Crippen LogP contribution in [0.5, 0.6) is 0 Å². The van der Waals surface area contributed by atoms with Crippen LogP contribution in [0.25, 0.3) is 0 Å². The van der Waals surface area contributed by atoms with Crippen LogP contribution in [0.1, 0.15) is 32.1 Å². The highest BCUT2D eigenvalue weighted by Gasteiger charge is 2.14. The monoisotopic (exact) mass is 245 g/mol. The average Bonchev–Trinajstić information content (AvgIpc) is 2.90. The highest BCUT2D eigenvalue weighted by atomic mass is 15.1. The lowest BCUT2D eigenvalue weighted by molar-refractivity contribution is 0.579. The van der Waals surface area contributed by atoms with Crippen LogP contribution in [0.4, 0.5) is 11.6 Å². The number of nitriles is 1. The molecule has 0 bridgehead atoms. The fourth-order valence-electron chi connectivity index (χ4n) is 2.26. The van der Waals surface area contributed by atoms with Crippen LogP contribution in [0.2, 0.25) is 0 Å². The van der Waals surface area contributed by atoms with Crippen LogP contribution >= 0.6 is 0 Å². The van der Waals surface area contributed by atoms with Gasteiger partial charge in [-0.1, -0.05) is 12.8 Å². The van der Waals surface area contributed by atoms with E-state index in [-0.39, 0.29) is 0 Å². The van der Waals surface area contributed by atoms with E-state index < -0.39 is 0 Å². The maximum Gasteiger partial charge on any atom is 0.131 e. The number of hydrogen-bond acceptors (Lipinski definition) is 5. The van der Waals surface area contributed by atoms with Crippen molar-refractivity contribution >= 4 is 11.6 Å². The zero-order valence-corrected chi connectivity index (χ0v) is 10.5. The molecule has 5 nitrogen and oxygen atoms in total. The van der Waals surface area contributed by atoms with Crippen molar-refractivity contribution in [1.82, 2.24) is 9.97 Å². The normalized spacial score (nSPS) is 15.3. The minimum Gasteiger partial charge on any atom is -0.370 e. The van der Waals surface area contributed by atoms with E-state index in [1.54, 1.807) is 6.33 Å². The minimum absolute atomic E-state index is 0.481. The van der Waals surface area contributed by atoms with Crippen LogP contribution in [-0.4, -0.2) is 23.1 Å². The molecule has 2 rings (SSSR count).